The van der Waals surface area contributed by atoms with Crippen LogP contribution in [0.1, 0.15) is 12.6 Å². The number of hydrogen-bond donors (Lipinski definition) is 0. The SMILES string of the molecule is CC1Cc2c(-c3cc(N(C)N=O)ncc3Cl)cnn2C1. The topological polar surface area (TPSA) is 63.4 Å². The number of pyridine rings is 1. The molecule has 104 valence electrons. The molecule has 0 radical (unpaired) electrons. The minimum absolute atomic E-state index is 0.463. The van der Waals surface area contributed by atoms with Crippen molar-refractivity contribution in [3.8, 4) is 11.1 Å². The van der Waals surface area contributed by atoms with Crippen molar-refractivity contribution < 1.29 is 0 Å². The van der Waals surface area contributed by atoms with Crippen LogP contribution in [-0.4, -0.2) is 21.8 Å². The van der Waals surface area contributed by atoms with E-state index in [-0.39, 0.29) is 0 Å². The summed E-state index contributed by atoms with van der Waals surface area (Å²) >= 11 is 6.25. The zero-order valence-electron chi connectivity index (χ0n) is 11.2. The van der Waals surface area contributed by atoms with E-state index < -0.39 is 0 Å². The Kier molecular flexibility index (Phi) is 3.17. The first kappa shape index (κ1) is 13.1. The lowest BCUT2D eigenvalue weighted by atomic mass is 10.0. The number of hydrogen-bond acceptors (Lipinski definition) is 4. The van der Waals surface area contributed by atoms with E-state index in [1.54, 1.807) is 13.1 Å². The maximum atomic E-state index is 10.6. The number of halogens is 1. The first-order valence-electron chi connectivity index (χ1n) is 6.37. The predicted octanol–water partition coefficient (Wildman–Crippen LogP) is 2.91. The lowest BCUT2D eigenvalue weighted by Crippen LogP contribution is -2.08. The van der Waals surface area contributed by atoms with Crippen molar-refractivity contribution in [2.75, 3.05) is 12.1 Å². The summed E-state index contributed by atoms with van der Waals surface area (Å²) in [5.74, 6) is 1.04. The van der Waals surface area contributed by atoms with E-state index in [4.69, 9.17) is 11.6 Å². The maximum absolute atomic E-state index is 10.6. The van der Waals surface area contributed by atoms with Gasteiger partial charge >= 0.3 is 0 Å². The largest absolute Gasteiger partial charge is 0.269 e. The Morgan fingerprint density at radius 2 is 2.25 bits per heavy atom. The normalized spacial score (nSPS) is 17.1. The average Bonchev–Trinajstić information content (AvgIpc) is 2.97. The molecular weight excluding hydrogens is 278 g/mol. The number of fused-ring (bicyclic) bond motifs is 1. The molecule has 0 aliphatic carbocycles. The van der Waals surface area contributed by atoms with Crippen LogP contribution in [0.2, 0.25) is 5.02 Å². The second-order valence-electron chi connectivity index (χ2n) is 5.12. The van der Waals surface area contributed by atoms with Gasteiger partial charge in [0.2, 0.25) is 0 Å². The fraction of sp³-hybridized carbons (Fsp3) is 0.385. The second-order valence-corrected chi connectivity index (χ2v) is 5.53. The van der Waals surface area contributed by atoms with Gasteiger partial charge in [-0.2, -0.15) is 5.10 Å². The number of rotatable bonds is 3. The van der Waals surface area contributed by atoms with Crippen LogP contribution in [0.15, 0.2) is 23.7 Å². The van der Waals surface area contributed by atoms with Gasteiger partial charge in [-0.05, 0) is 18.4 Å². The monoisotopic (exact) mass is 291 g/mol. The Morgan fingerprint density at radius 1 is 1.45 bits per heavy atom. The molecule has 6 nitrogen and oxygen atoms in total. The van der Waals surface area contributed by atoms with E-state index in [2.05, 4.69) is 22.3 Å². The average molecular weight is 292 g/mol. The molecule has 1 aliphatic rings. The molecule has 0 N–H and O–H groups in total. The molecule has 0 bridgehead atoms. The third kappa shape index (κ3) is 2.06. The van der Waals surface area contributed by atoms with E-state index in [1.165, 1.54) is 16.9 Å². The van der Waals surface area contributed by atoms with E-state index in [9.17, 15) is 4.91 Å². The molecular formula is C13H14ClN5O. The summed E-state index contributed by atoms with van der Waals surface area (Å²) in [6.07, 6.45) is 4.34. The fourth-order valence-corrected chi connectivity index (χ4v) is 2.76. The van der Waals surface area contributed by atoms with Gasteiger partial charge < -0.3 is 0 Å². The lowest BCUT2D eigenvalue weighted by molar-refractivity contribution is 0.529. The lowest BCUT2D eigenvalue weighted by Gasteiger charge is -2.10. The van der Waals surface area contributed by atoms with Crippen LogP contribution < -0.4 is 5.01 Å². The molecule has 2 aromatic heterocycles. The molecule has 7 heteroatoms. The zero-order valence-corrected chi connectivity index (χ0v) is 12.0. The van der Waals surface area contributed by atoms with Gasteiger partial charge in [0.15, 0.2) is 5.82 Å². The van der Waals surface area contributed by atoms with Crippen LogP contribution >= 0.6 is 11.6 Å². The molecule has 1 aliphatic heterocycles. The molecule has 0 aromatic carbocycles. The van der Waals surface area contributed by atoms with Crippen molar-refractivity contribution in [2.24, 2.45) is 11.2 Å². The molecule has 1 atom stereocenters. The summed E-state index contributed by atoms with van der Waals surface area (Å²) in [7, 11) is 1.55. The third-order valence-corrected chi connectivity index (χ3v) is 3.86. The van der Waals surface area contributed by atoms with Gasteiger partial charge in [-0.15, -0.1) is 4.91 Å². The van der Waals surface area contributed by atoms with Gasteiger partial charge in [0.1, 0.15) is 0 Å². The van der Waals surface area contributed by atoms with Crippen molar-refractivity contribution in [1.29, 1.82) is 0 Å². The summed E-state index contributed by atoms with van der Waals surface area (Å²) < 4.78 is 2.01. The van der Waals surface area contributed by atoms with E-state index in [0.717, 1.165) is 24.1 Å². The Balaban J connectivity index is 2.08. The van der Waals surface area contributed by atoms with Crippen molar-refractivity contribution in [3.63, 3.8) is 0 Å². The number of aromatic nitrogens is 3. The summed E-state index contributed by atoms with van der Waals surface area (Å²) in [6, 6.07) is 1.77. The Labute approximate surface area is 121 Å². The number of nitrogens with zero attached hydrogens (tertiary/aromatic N) is 5. The minimum atomic E-state index is 0.463. The first-order valence-corrected chi connectivity index (χ1v) is 6.75. The van der Waals surface area contributed by atoms with Crippen LogP contribution in [0.25, 0.3) is 11.1 Å². The second kappa shape index (κ2) is 4.86. The van der Waals surface area contributed by atoms with Crippen molar-refractivity contribution >= 4 is 17.4 Å². The zero-order chi connectivity index (χ0) is 14.3. The quantitative estimate of drug-likeness (QED) is 0.644. The Hall–Kier alpha value is -1.95. The van der Waals surface area contributed by atoms with Crippen molar-refractivity contribution in [3.05, 3.63) is 34.1 Å². The summed E-state index contributed by atoms with van der Waals surface area (Å²) in [5, 5.41) is 8.97. The van der Waals surface area contributed by atoms with E-state index in [0.29, 0.717) is 16.8 Å². The van der Waals surface area contributed by atoms with E-state index >= 15 is 0 Å². The van der Waals surface area contributed by atoms with Crippen LogP contribution in [0.4, 0.5) is 5.82 Å². The smallest absolute Gasteiger partial charge is 0.152 e. The molecule has 0 fully saturated rings. The Bertz CT molecular complexity index is 669. The molecule has 20 heavy (non-hydrogen) atoms. The highest BCUT2D eigenvalue weighted by molar-refractivity contribution is 6.33. The summed E-state index contributed by atoms with van der Waals surface area (Å²) in [5.41, 5.74) is 3.02. The molecule has 0 saturated heterocycles. The van der Waals surface area contributed by atoms with Crippen LogP contribution in [-0.2, 0) is 13.0 Å². The van der Waals surface area contributed by atoms with Crippen LogP contribution in [0.5, 0.6) is 0 Å². The Morgan fingerprint density at radius 3 is 3.00 bits per heavy atom. The molecule has 0 spiro atoms. The molecule has 0 saturated carbocycles. The predicted molar refractivity (Wildman–Crippen MR) is 77.5 cm³/mol. The van der Waals surface area contributed by atoms with Crippen LogP contribution in [0.3, 0.4) is 0 Å². The molecule has 2 aromatic rings. The van der Waals surface area contributed by atoms with Crippen molar-refractivity contribution in [1.82, 2.24) is 14.8 Å². The highest BCUT2D eigenvalue weighted by Gasteiger charge is 2.24. The van der Waals surface area contributed by atoms with Crippen LogP contribution in [0, 0.1) is 10.8 Å². The first-order chi connectivity index (χ1) is 9.60. The van der Waals surface area contributed by atoms with Gasteiger partial charge in [0.05, 0.1) is 16.5 Å². The van der Waals surface area contributed by atoms with Crippen molar-refractivity contribution in [2.45, 2.75) is 19.9 Å². The number of anilines is 1. The van der Waals surface area contributed by atoms with Gasteiger partial charge in [-0.25, -0.2) is 9.99 Å². The summed E-state index contributed by atoms with van der Waals surface area (Å²) in [6.45, 7) is 3.13. The third-order valence-electron chi connectivity index (χ3n) is 3.56. The maximum Gasteiger partial charge on any atom is 0.152 e. The van der Waals surface area contributed by atoms with Gasteiger partial charge in [0.25, 0.3) is 0 Å². The standard InChI is InChI=1S/C13H14ClN5O/c1-8-3-12-10(5-16-19(12)7-8)9-4-13(18(2)17-20)15-6-11(9)14/h4-6,8H,3,7H2,1-2H3. The van der Waals surface area contributed by atoms with Gasteiger partial charge in [-0.1, -0.05) is 18.5 Å². The highest BCUT2D eigenvalue weighted by Crippen LogP contribution is 2.35. The van der Waals surface area contributed by atoms with E-state index in [1.807, 2.05) is 10.9 Å². The minimum Gasteiger partial charge on any atom is -0.269 e. The van der Waals surface area contributed by atoms with Gasteiger partial charge in [-0.3, -0.25) is 4.68 Å². The summed E-state index contributed by atoms with van der Waals surface area (Å²) in [4.78, 5) is 14.7. The highest BCUT2D eigenvalue weighted by atomic mass is 35.5. The molecule has 1 unspecified atom stereocenters. The fourth-order valence-electron chi connectivity index (χ4n) is 2.55. The molecule has 3 rings (SSSR count). The number of nitroso groups, excluding NO2 is 1. The molecule has 0 amide bonds. The molecule has 3 heterocycles. The van der Waals surface area contributed by atoms with Gasteiger partial charge in [0, 0.05) is 36.6 Å².